The predicted octanol–water partition coefficient (Wildman–Crippen LogP) is 2.18. The monoisotopic (exact) mass is 210 g/mol. The summed E-state index contributed by atoms with van der Waals surface area (Å²) in [7, 11) is 4.14. The Morgan fingerprint density at radius 2 is 2.07 bits per heavy atom. The highest BCUT2D eigenvalue weighted by atomic mass is 16.3. The van der Waals surface area contributed by atoms with E-state index in [0.29, 0.717) is 12.5 Å². The van der Waals surface area contributed by atoms with E-state index in [1.165, 1.54) is 0 Å². The molecule has 3 heteroatoms. The summed E-state index contributed by atoms with van der Waals surface area (Å²) >= 11 is 0. The number of aryl methyl sites for hydroxylation is 1. The smallest absolute Gasteiger partial charge is 0.121 e. The van der Waals surface area contributed by atoms with Gasteiger partial charge < -0.3 is 10.2 Å². The topological polar surface area (TPSA) is 42.4 Å². The summed E-state index contributed by atoms with van der Waals surface area (Å²) in [5, 5.41) is 0. The second-order valence-electron chi connectivity index (χ2n) is 4.26. The van der Waals surface area contributed by atoms with Gasteiger partial charge in [-0.15, -0.1) is 0 Å². The van der Waals surface area contributed by atoms with Gasteiger partial charge in [0.05, 0.1) is 6.04 Å². The normalized spacial score (nSPS) is 15.6. The zero-order valence-electron chi connectivity index (χ0n) is 10.2. The van der Waals surface area contributed by atoms with Crippen LogP contribution in [0.4, 0.5) is 0 Å². The Balaban J connectivity index is 2.91. The van der Waals surface area contributed by atoms with Crippen molar-refractivity contribution in [1.82, 2.24) is 4.90 Å². The SMILES string of the molecule is CCC(CN)C(c1ccc(C)o1)N(C)C. The molecule has 3 nitrogen and oxygen atoms in total. The third-order valence-corrected chi connectivity index (χ3v) is 2.88. The van der Waals surface area contributed by atoms with Gasteiger partial charge in [0.25, 0.3) is 0 Å². The molecule has 15 heavy (non-hydrogen) atoms. The van der Waals surface area contributed by atoms with Crippen LogP contribution in [0.1, 0.15) is 30.9 Å². The lowest BCUT2D eigenvalue weighted by atomic mass is 9.94. The van der Waals surface area contributed by atoms with Crippen molar-refractivity contribution in [3.05, 3.63) is 23.7 Å². The molecule has 1 heterocycles. The molecule has 0 aliphatic heterocycles. The molecule has 0 aliphatic rings. The maximum Gasteiger partial charge on any atom is 0.121 e. The molecule has 0 bridgehead atoms. The zero-order valence-corrected chi connectivity index (χ0v) is 10.2. The fraction of sp³-hybridized carbons (Fsp3) is 0.667. The maximum absolute atomic E-state index is 5.80. The highest BCUT2D eigenvalue weighted by Crippen LogP contribution is 2.29. The van der Waals surface area contributed by atoms with Crippen molar-refractivity contribution in [2.24, 2.45) is 11.7 Å². The molecule has 0 aromatic carbocycles. The minimum Gasteiger partial charge on any atom is -0.465 e. The van der Waals surface area contributed by atoms with E-state index in [-0.39, 0.29) is 6.04 Å². The highest BCUT2D eigenvalue weighted by molar-refractivity contribution is 5.11. The number of nitrogens with two attached hydrogens (primary N) is 1. The summed E-state index contributed by atoms with van der Waals surface area (Å²) in [5.41, 5.74) is 5.80. The lowest BCUT2D eigenvalue weighted by Gasteiger charge is -2.29. The Hall–Kier alpha value is -0.800. The van der Waals surface area contributed by atoms with E-state index in [1.807, 2.05) is 13.0 Å². The van der Waals surface area contributed by atoms with Gasteiger partial charge >= 0.3 is 0 Å². The molecule has 2 N–H and O–H groups in total. The van der Waals surface area contributed by atoms with Gasteiger partial charge in [-0.05, 0) is 45.6 Å². The van der Waals surface area contributed by atoms with E-state index in [4.69, 9.17) is 10.2 Å². The summed E-state index contributed by atoms with van der Waals surface area (Å²) in [4.78, 5) is 2.18. The number of nitrogens with zero attached hydrogens (tertiary/aromatic N) is 1. The lowest BCUT2D eigenvalue weighted by molar-refractivity contribution is 0.180. The summed E-state index contributed by atoms with van der Waals surface area (Å²) < 4.78 is 5.69. The number of rotatable bonds is 5. The van der Waals surface area contributed by atoms with E-state index in [9.17, 15) is 0 Å². The molecule has 0 saturated carbocycles. The molecular weight excluding hydrogens is 188 g/mol. The first-order valence-corrected chi connectivity index (χ1v) is 5.53. The van der Waals surface area contributed by atoms with Crippen molar-refractivity contribution in [2.75, 3.05) is 20.6 Å². The van der Waals surface area contributed by atoms with E-state index < -0.39 is 0 Å². The van der Waals surface area contributed by atoms with Gasteiger partial charge in [-0.25, -0.2) is 0 Å². The van der Waals surface area contributed by atoms with Crippen LogP contribution in [0.2, 0.25) is 0 Å². The van der Waals surface area contributed by atoms with Crippen LogP contribution in [0.5, 0.6) is 0 Å². The first-order valence-electron chi connectivity index (χ1n) is 5.53. The molecule has 1 aromatic heterocycles. The average molecular weight is 210 g/mol. The van der Waals surface area contributed by atoms with Gasteiger partial charge in [-0.3, -0.25) is 4.90 Å². The fourth-order valence-electron chi connectivity index (χ4n) is 2.04. The molecule has 1 rings (SSSR count). The molecule has 1 aromatic rings. The lowest BCUT2D eigenvalue weighted by Crippen LogP contribution is -2.31. The van der Waals surface area contributed by atoms with E-state index in [2.05, 4.69) is 32.0 Å². The van der Waals surface area contributed by atoms with Crippen molar-refractivity contribution >= 4 is 0 Å². The minimum atomic E-state index is 0.286. The van der Waals surface area contributed by atoms with Gasteiger partial charge in [0.2, 0.25) is 0 Å². The Morgan fingerprint density at radius 1 is 1.40 bits per heavy atom. The third-order valence-electron chi connectivity index (χ3n) is 2.88. The third kappa shape index (κ3) is 2.83. The van der Waals surface area contributed by atoms with Crippen molar-refractivity contribution in [2.45, 2.75) is 26.3 Å². The minimum absolute atomic E-state index is 0.286. The molecule has 0 amide bonds. The van der Waals surface area contributed by atoms with Gasteiger partial charge in [0, 0.05) is 0 Å². The second-order valence-corrected chi connectivity index (χ2v) is 4.26. The standard InChI is InChI=1S/C12H22N2O/c1-5-10(8-13)12(14(3)4)11-7-6-9(2)15-11/h6-7,10,12H,5,8,13H2,1-4H3. The van der Waals surface area contributed by atoms with Crippen molar-refractivity contribution in [3.63, 3.8) is 0 Å². The Labute approximate surface area is 92.2 Å². The Bertz CT molecular complexity index is 290. The van der Waals surface area contributed by atoms with E-state index in [1.54, 1.807) is 0 Å². The number of hydrogen-bond donors (Lipinski definition) is 1. The summed E-state index contributed by atoms with van der Waals surface area (Å²) in [6.07, 6.45) is 1.07. The molecule has 0 radical (unpaired) electrons. The Morgan fingerprint density at radius 3 is 2.40 bits per heavy atom. The zero-order chi connectivity index (χ0) is 11.4. The summed E-state index contributed by atoms with van der Waals surface area (Å²) in [6.45, 7) is 4.84. The van der Waals surface area contributed by atoms with Crippen LogP contribution >= 0.6 is 0 Å². The van der Waals surface area contributed by atoms with Crippen LogP contribution in [-0.4, -0.2) is 25.5 Å². The van der Waals surface area contributed by atoms with Crippen LogP contribution in [0.3, 0.4) is 0 Å². The molecule has 0 aliphatic carbocycles. The summed E-state index contributed by atoms with van der Waals surface area (Å²) in [6, 6.07) is 4.35. The average Bonchev–Trinajstić information content (AvgIpc) is 2.59. The molecule has 0 spiro atoms. The van der Waals surface area contributed by atoms with Gasteiger partial charge in [-0.2, -0.15) is 0 Å². The fourth-order valence-corrected chi connectivity index (χ4v) is 2.04. The van der Waals surface area contributed by atoms with Crippen LogP contribution < -0.4 is 5.73 Å². The molecule has 0 saturated heterocycles. The van der Waals surface area contributed by atoms with E-state index in [0.717, 1.165) is 17.9 Å². The predicted molar refractivity (Wildman–Crippen MR) is 62.7 cm³/mol. The quantitative estimate of drug-likeness (QED) is 0.810. The highest BCUT2D eigenvalue weighted by Gasteiger charge is 2.25. The van der Waals surface area contributed by atoms with Crippen LogP contribution in [0.25, 0.3) is 0 Å². The van der Waals surface area contributed by atoms with Gasteiger partial charge in [0.15, 0.2) is 0 Å². The van der Waals surface area contributed by atoms with E-state index >= 15 is 0 Å². The first kappa shape index (κ1) is 12.3. The molecule has 0 fully saturated rings. The van der Waals surface area contributed by atoms with Crippen molar-refractivity contribution in [1.29, 1.82) is 0 Å². The first-order chi connectivity index (χ1) is 7.10. The number of furan rings is 1. The van der Waals surface area contributed by atoms with Gasteiger partial charge in [-0.1, -0.05) is 13.3 Å². The second kappa shape index (κ2) is 5.33. The molecule has 2 atom stereocenters. The largest absolute Gasteiger partial charge is 0.465 e. The van der Waals surface area contributed by atoms with Crippen LogP contribution in [0, 0.1) is 12.8 Å². The van der Waals surface area contributed by atoms with Gasteiger partial charge in [0.1, 0.15) is 11.5 Å². The molecular formula is C12H22N2O. The van der Waals surface area contributed by atoms with Crippen LogP contribution in [0.15, 0.2) is 16.5 Å². The number of hydrogen-bond acceptors (Lipinski definition) is 3. The molecule has 86 valence electrons. The summed E-state index contributed by atoms with van der Waals surface area (Å²) in [5.74, 6) is 2.43. The van der Waals surface area contributed by atoms with Crippen molar-refractivity contribution in [3.8, 4) is 0 Å². The Kier molecular flexibility index (Phi) is 4.36. The maximum atomic E-state index is 5.80. The van der Waals surface area contributed by atoms with Crippen molar-refractivity contribution < 1.29 is 4.42 Å². The van der Waals surface area contributed by atoms with Crippen LogP contribution in [-0.2, 0) is 0 Å². The molecule has 2 unspecified atom stereocenters.